The molecule has 0 bridgehead atoms. The van der Waals surface area contributed by atoms with Gasteiger partial charge in [-0.05, 0) is 17.2 Å². The second kappa shape index (κ2) is 4.01. The average molecular weight is 259 g/mol. The van der Waals surface area contributed by atoms with E-state index >= 15 is 0 Å². The van der Waals surface area contributed by atoms with E-state index in [0.29, 0.717) is 10.5 Å². The zero-order valence-corrected chi connectivity index (χ0v) is 8.99. The van der Waals surface area contributed by atoms with Gasteiger partial charge in [0.1, 0.15) is 0 Å². The standard InChI is InChI=1S/C11H8F3NO3/c12-11(13,14)10(18)15-4-6-2-1-3-7(9(16)17)8(6)5-15/h1-3H,4-5H2,(H,16,17). The van der Waals surface area contributed by atoms with Crippen LogP contribution in [0.5, 0.6) is 0 Å². The highest BCUT2D eigenvalue weighted by Crippen LogP contribution is 2.29. The van der Waals surface area contributed by atoms with E-state index in [0.717, 1.165) is 0 Å². The number of aromatic carboxylic acids is 1. The lowest BCUT2D eigenvalue weighted by Gasteiger charge is -2.16. The first-order valence-corrected chi connectivity index (χ1v) is 5.01. The first-order chi connectivity index (χ1) is 8.30. The van der Waals surface area contributed by atoms with Crippen molar-refractivity contribution in [1.29, 1.82) is 0 Å². The van der Waals surface area contributed by atoms with Crippen LogP contribution in [-0.2, 0) is 17.9 Å². The number of carbonyl (C=O) groups excluding carboxylic acids is 1. The molecule has 7 heteroatoms. The van der Waals surface area contributed by atoms with Crippen LogP contribution < -0.4 is 0 Å². The van der Waals surface area contributed by atoms with Gasteiger partial charge in [-0.1, -0.05) is 12.1 Å². The fourth-order valence-corrected chi connectivity index (χ4v) is 1.95. The number of fused-ring (bicyclic) bond motifs is 1. The fourth-order valence-electron chi connectivity index (χ4n) is 1.95. The van der Waals surface area contributed by atoms with Crippen LogP contribution >= 0.6 is 0 Å². The van der Waals surface area contributed by atoms with Gasteiger partial charge in [0.05, 0.1) is 5.56 Å². The van der Waals surface area contributed by atoms with Gasteiger partial charge >= 0.3 is 18.1 Å². The molecule has 0 radical (unpaired) electrons. The summed E-state index contributed by atoms with van der Waals surface area (Å²) in [5.41, 5.74) is 0.639. The molecule has 1 N–H and O–H groups in total. The summed E-state index contributed by atoms with van der Waals surface area (Å²) >= 11 is 0. The zero-order valence-electron chi connectivity index (χ0n) is 8.99. The third-order valence-electron chi connectivity index (χ3n) is 2.74. The molecule has 18 heavy (non-hydrogen) atoms. The normalized spacial score (nSPS) is 14.5. The van der Waals surface area contributed by atoms with E-state index in [4.69, 9.17) is 5.11 Å². The number of amides is 1. The number of alkyl halides is 3. The molecule has 0 fully saturated rings. The second-order valence-corrected chi connectivity index (χ2v) is 3.91. The van der Waals surface area contributed by atoms with E-state index in [1.54, 1.807) is 0 Å². The molecule has 1 aromatic carbocycles. The SMILES string of the molecule is O=C(O)c1cccc2c1CN(C(=O)C(F)(F)F)C2. The van der Waals surface area contributed by atoms with E-state index < -0.39 is 18.1 Å². The minimum Gasteiger partial charge on any atom is -0.478 e. The van der Waals surface area contributed by atoms with Crippen LogP contribution in [0.15, 0.2) is 18.2 Å². The molecule has 4 nitrogen and oxygen atoms in total. The fraction of sp³-hybridized carbons (Fsp3) is 0.273. The quantitative estimate of drug-likeness (QED) is 0.836. The summed E-state index contributed by atoms with van der Waals surface area (Å²) in [6.07, 6.45) is -4.94. The minimum atomic E-state index is -4.94. The molecule has 1 amide bonds. The van der Waals surface area contributed by atoms with Gasteiger partial charge in [-0.2, -0.15) is 13.2 Å². The Kier molecular flexibility index (Phi) is 2.76. The Bertz CT molecular complexity index is 525. The molecule has 96 valence electrons. The maximum absolute atomic E-state index is 12.3. The summed E-state index contributed by atoms with van der Waals surface area (Å²) in [7, 11) is 0. The van der Waals surface area contributed by atoms with Gasteiger partial charge in [0, 0.05) is 13.1 Å². The van der Waals surface area contributed by atoms with Crippen LogP contribution in [0, 0.1) is 0 Å². The molecule has 0 spiro atoms. The lowest BCUT2D eigenvalue weighted by Crippen LogP contribution is -2.37. The van der Waals surface area contributed by atoms with Crippen LogP contribution in [0.1, 0.15) is 21.5 Å². The number of hydrogen-bond acceptors (Lipinski definition) is 2. The van der Waals surface area contributed by atoms with Crippen LogP contribution in [0.4, 0.5) is 13.2 Å². The monoisotopic (exact) mass is 259 g/mol. The van der Waals surface area contributed by atoms with Crippen molar-refractivity contribution in [1.82, 2.24) is 4.90 Å². The Morgan fingerprint density at radius 1 is 1.22 bits per heavy atom. The van der Waals surface area contributed by atoms with Crippen molar-refractivity contribution >= 4 is 11.9 Å². The topological polar surface area (TPSA) is 57.6 Å². The van der Waals surface area contributed by atoms with E-state index in [9.17, 15) is 22.8 Å². The molecular weight excluding hydrogens is 251 g/mol. The van der Waals surface area contributed by atoms with Crippen LogP contribution in [0.3, 0.4) is 0 Å². The van der Waals surface area contributed by atoms with E-state index in [1.807, 2.05) is 0 Å². The number of halogens is 3. The third kappa shape index (κ3) is 2.03. The van der Waals surface area contributed by atoms with E-state index in [2.05, 4.69) is 0 Å². The van der Waals surface area contributed by atoms with E-state index in [-0.39, 0.29) is 24.2 Å². The lowest BCUT2D eigenvalue weighted by molar-refractivity contribution is -0.186. The van der Waals surface area contributed by atoms with Gasteiger partial charge in [-0.15, -0.1) is 0 Å². The van der Waals surface area contributed by atoms with Crippen LogP contribution in [0.25, 0.3) is 0 Å². The molecule has 0 saturated carbocycles. The number of carbonyl (C=O) groups is 2. The summed E-state index contributed by atoms with van der Waals surface area (Å²) in [5, 5.41) is 8.91. The van der Waals surface area contributed by atoms with Gasteiger partial charge in [0.2, 0.25) is 0 Å². The average Bonchev–Trinajstić information content (AvgIpc) is 2.69. The molecule has 0 unspecified atom stereocenters. The Hall–Kier alpha value is -2.05. The molecule has 2 rings (SSSR count). The molecule has 1 heterocycles. The number of nitrogens with zero attached hydrogens (tertiary/aromatic N) is 1. The van der Waals surface area contributed by atoms with Gasteiger partial charge in [0.15, 0.2) is 0 Å². The molecule has 0 atom stereocenters. The molecular formula is C11H8F3NO3. The number of hydrogen-bond donors (Lipinski definition) is 1. The first-order valence-electron chi connectivity index (χ1n) is 5.01. The molecule has 1 aliphatic heterocycles. The van der Waals surface area contributed by atoms with Crippen molar-refractivity contribution in [3.63, 3.8) is 0 Å². The smallest absolute Gasteiger partial charge is 0.471 e. The molecule has 0 saturated heterocycles. The van der Waals surface area contributed by atoms with Crippen molar-refractivity contribution in [3.05, 3.63) is 34.9 Å². The molecule has 1 aromatic rings. The third-order valence-corrected chi connectivity index (χ3v) is 2.74. The highest BCUT2D eigenvalue weighted by atomic mass is 19.4. The van der Waals surface area contributed by atoms with Crippen molar-refractivity contribution in [2.24, 2.45) is 0 Å². The minimum absolute atomic E-state index is 0.0648. The summed E-state index contributed by atoms with van der Waals surface area (Å²) < 4.78 is 36.8. The Morgan fingerprint density at radius 3 is 2.44 bits per heavy atom. The Morgan fingerprint density at radius 2 is 1.89 bits per heavy atom. The van der Waals surface area contributed by atoms with E-state index in [1.165, 1.54) is 18.2 Å². The maximum atomic E-state index is 12.3. The van der Waals surface area contributed by atoms with Crippen LogP contribution in [0.2, 0.25) is 0 Å². The summed E-state index contributed by atoms with van der Waals surface area (Å²) in [4.78, 5) is 22.6. The lowest BCUT2D eigenvalue weighted by atomic mass is 10.0. The Labute approximate surface area is 99.6 Å². The maximum Gasteiger partial charge on any atom is 0.471 e. The predicted molar refractivity (Wildman–Crippen MR) is 53.7 cm³/mol. The van der Waals surface area contributed by atoms with Gasteiger partial charge < -0.3 is 10.0 Å². The molecule has 0 aliphatic carbocycles. The van der Waals surface area contributed by atoms with Crippen molar-refractivity contribution in [2.45, 2.75) is 19.3 Å². The largest absolute Gasteiger partial charge is 0.478 e. The molecule has 1 aliphatic rings. The molecule has 0 aromatic heterocycles. The highest BCUT2D eigenvalue weighted by Gasteiger charge is 2.44. The van der Waals surface area contributed by atoms with Crippen LogP contribution in [-0.4, -0.2) is 28.1 Å². The second-order valence-electron chi connectivity index (χ2n) is 3.91. The van der Waals surface area contributed by atoms with Crippen molar-refractivity contribution in [3.8, 4) is 0 Å². The summed E-state index contributed by atoms with van der Waals surface area (Å²) in [6, 6.07) is 4.28. The first kappa shape index (κ1) is 12.4. The van der Waals surface area contributed by atoms with Gasteiger partial charge in [0.25, 0.3) is 0 Å². The highest BCUT2D eigenvalue weighted by molar-refractivity contribution is 5.91. The Balaban J connectivity index is 2.31. The summed E-state index contributed by atoms with van der Waals surface area (Å²) in [5.74, 6) is -3.16. The number of carboxylic acids is 1. The number of benzene rings is 1. The van der Waals surface area contributed by atoms with Crippen molar-refractivity contribution < 1.29 is 27.9 Å². The number of carboxylic acid groups (broad SMARTS) is 1. The number of rotatable bonds is 1. The van der Waals surface area contributed by atoms with Gasteiger partial charge in [-0.25, -0.2) is 4.79 Å². The summed E-state index contributed by atoms with van der Waals surface area (Å²) in [6.45, 7) is -0.537. The predicted octanol–water partition coefficient (Wildman–Crippen LogP) is 1.79. The van der Waals surface area contributed by atoms with Crippen molar-refractivity contribution in [2.75, 3.05) is 0 Å². The zero-order chi connectivity index (χ0) is 13.5. The van der Waals surface area contributed by atoms with Gasteiger partial charge in [-0.3, -0.25) is 4.79 Å².